The normalized spacial score (nSPS) is 20.4. The summed E-state index contributed by atoms with van der Waals surface area (Å²) >= 11 is 0. The van der Waals surface area contributed by atoms with E-state index < -0.39 is 21.7 Å². The van der Waals surface area contributed by atoms with Gasteiger partial charge in [-0.25, -0.2) is 17.1 Å². The van der Waals surface area contributed by atoms with Crippen LogP contribution in [-0.2, 0) is 10.0 Å². The van der Waals surface area contributed by atoms with Gasteiger partial charge in [-0.05, 0) is 18.6 Å². The molecule has 0 saturated carbocycles. The van der Waals surface area contributed by atoms with Crippen LogP contribution in [0, 0.1) is 5.82 Å². The Bertz CT molecular complexity index is 588. The molecule has 0 aromatic heterocycles. The van der Waals surface area contributed by atoms with Crippen LogP contribution in [0.4, 0.5) is 4.39 Å². The Balaban J connectivity index is 2.00. The molecule has 1 N–H and O–H groups in total. The van der Waals surface area contributed by atoms with E-state index >= 15 is 0 Å². The van der Waals surface area contributed by atoms with Crippen molar-refractivity contribution in [1.82, 2.24) is 9.62 Å². The van der Waals surface area contributed by atoms with Gasteiger partial charge in [0, 0.05) is 19.1 Å². The monoisotopic (exact) mass is 286 g/mol. The number of sulfonamides is 1. The van der Waals surface area contributed by atoms with Gasteiger partial charge in [0.25, 0.3) is 5.91 Å². The summed E-state index contributed by atoms with van der Waals surface area (Å²) in [7, 11) is -3.24. The fraction of sp³-hybridized carbons (Fsp3) is 0.417. The lowest BCUT2D eigenvalue weighted by molar-refractivity contribution is 0.0935. The van der Waals surface area contributed by atoms with Crippen LogP contribution >= 0.6 is 0 Å². The molecule has 1 fully saturated rings. The van der Waals surface area contributed by atoms with Gasteiger partial charge in [-0.15, -0.1) is 0 Å². The summed E-state index contributed by atoms with van der Waals surface area (Å²) in [5.74, 6) is -1.10. The number of amides is 1. The van der Waals surface area contributed by atoms with Gasteiger partial charge in [0.1, 0.15) is 5.82 Å². The zero-order valence-corrected chi connectivity index (χ0v) is 11.3. The summed E-state index contributed by atoms with van der Waals surface area (Å²) in [5.41, 5.74) is -0.0275. The van der Waals surface area contributed by atoms with Crippen LogP contribution in [0.1, 0.15) is 16.8 Å². The van der Waals surface area contributed by atoms with Crippen molar-refractivity contribution in [2.75, 3.05) is 19.3 Å². The highest BCUT2D eigenvalue weighted by Crippen LogP contribution is 2.14. The molecule has 7 heteroatoms. The molecular weight excluding hydrogens is 271 g/mol. The number of hydrogen-bond donors (Lipinski definition) is 1. The van der Waals surface area contributed by atoms with E-state index in [9.17, 15) is 17.6 Å². The largest absolute Gasteiger partial charge is 0.348 e. The number of hydrogen-bond acceptors (Lipinski definition) is 3. The zero-order chi connectivity index (χ0) is 14.0. The van der Waals surface area contributed by atoms with Crippen molar-refractivity contribution in [3.63, 3.8) is 0 Å². The predicted octanol–water partition coefficient (Wildman–Crippen LogP) is 0.589. The maximum atomic E-state index is 13.4. The molecule has 2 rings (SSSR count). The summed E-state index contributed by atoms with van der Waals surface area (Å²) in [5, 5.41) is 2.65. The molecule has 1 amide bonds. The molecule has 19 heavy (non-hydrogen) atoms. The molecule has 0 bridgehead atoms. The summed E-state index contributed by atoms with van der Waals surface area (Å²) < 4.78 is 37.4. The Labute approximate surface area is 111 Å². The van der Waals surface area contributed by atoms with Crippen LogP contribution in [-0.4, -0.2) is 44.0 Å². The summed E-state index contributed by atoms with van der Waals surface area (Å²) in [4.78, 5) is 11.9. The Morgan fingerprint density at radius 2 is 2.11 bits per heavy atom. The van der Waals surface area contributed by atoms with E-state index in [-0.39, 0.29) is 18.2 Å². The molecule has 1 atom stereocenters. The molecule has 0 radical (unpaired) electrons. The van der Waals surface area contributed by atoms with Gasteiger partial charge in [0.15, 0.2) is 0 Å². The van der Waals surface area contributed by atoms with E-state index in [1.165, 1.54) is 22.5 Å². The Kier molecular flexibility index (Phi) is 3.86. The number of rotatable bonds is 3. The number of benzene rings is 1. The van der Waals surface area contributed by atoms with Gasteiger partial charge in [0.2, 0.25) is 10.0 Å². The molecule has 1 aliphatic heterocycles. The minimum absolute atomic E-state index is 0.0275. The lowest BCUT2D eigenvalue weighted by Gasteiger charge is -2.14. The third-order valence-electron chi connectivity index (χ3n) is 3.07. The summed E-state index contributed by atoms with van der Waals surface area (Å²) in [6.07, 6.45) is 1.67. The second kappa shape index (κ2) is 5.26. The molecule has 1 unspecified atom stereocenters. The van der Waals surface area contributed by atoms with E-state index in [1.54, 1.807) is 6.07 Å². The lowest BCUT2D eigenvalue weighted by atomic mass is 10.1. The van der Waals surface area contributed by atoms with E-state index in [0.29, 0.717) is 13.0 Å². The third-order valence-corrected chi connectivity index (χ3v) is 4.34. The topological polar surface area (TPSA) is 66.5 Å². The van der Waals surface area contributed by atoms with Gasteiger partial charge < -0.3 is 5.32 Å². The Morgan fingerprint density at radius 1 is 1.42 bits per heavy atom. The van der Waals surface area contributed by atoms with Crippen LogP contribution in [0.25, 0.3) is 0 Å². The first-order valence-corrected chi connectivity index (χ1v) is 7.73. The highest BCUT2D eigenvalue weighted by Gasteiger charge is 2.29. The Morgan fingerprint density at radius 3 is 2.68 bits per heavy atom. The van der Waals surface area contributed by atoms with Gasteiger partial charge >= 0.3 is 0 Å². The molecule has 0 aliphatic carbocycles. The number of halogens is 1. The lowest BCUT2D eigenvalue weighted by Crippen LogP contribution is -2.38. The minimum Gasteiger partial charge on any atom is -0.348 e. The van der Waals surface area contributed by atoms with Crippen LogP contribution < -0.4 is 5.32 Å². The average molecular weight is 286 g/mol. The fourth-order valence-electron chi connectivity index (χ4n) is 2.06. The van der Waals surface area contributed by atoms with Crippen molar-refractivity contribution in [2.24, 2.45) is 0 Å². The van der Waals surface area contributed by atoms with Crippen molar-refractivity contribution >= 4 is 15.9 Å². The molecule has 1 aromatic carbocycles. The van der Waals surface area contributed by atoms with E-state index in [4.69, 9.17) is 0 Å². The first-order valence-electron chi connectivity index (χ1n) is 5.88. The number of carbonyl (C=O) groups is 1. The van der Waals surface area contributed by atoms with Crippen LogP contribution in [0.5, 0.6) is 0 Å². The molecule has 0 spiro atoms. The second-order valence-corrected chi connectivity index (χ2v) is 6.54. The molecule has 1 aliphatic rings. The Hall–Kier alpha value is -1.47. The number of nitrogens with zero attached hydrogens (tertiary/aromatic N) is 1. The van der Waals surface area contributed by atoms with Gasteiger partial charge in [-0.1, -0.05) is 12.1 Å². The molecule has 5 nitrogen and oxygen atoms in total. The predicted molar refractivity (Wildman–Crippen MR) is 68.7 cm³/mol. The van der Waals surface area contributed by atoms with Crippen LogP contribution in [0.2, 0.25) is 0 Å². The van der Waals surface area contributed by atoms with Crippen LogP contribution in [0.3, 0.4) is 0 Å². The molecule has 1 saturated heterocycles. The average Bonchev–Trinajstić information content (AvgIpc) is 2.77. The van der Waals surface area contributed by atoms with E-state index in [2.05, 4.69) is 5.32 Å². The van der Waals surface area contributed by atoms with Gasteiger partial charge in [-0.2, -0.15) is 0 Å². The van der Waals surface area contributed by atoms with Crippen molar-refractivity contribution in [1.29, 1.82) is 0 Å². The SMILES string of the molecule is CS(=O)(=O)N1CCC(NC(=O)c2ccccc2F)C1. The van der Waals surface area contributed by atoms with Gasteiger partial charge in [0.05, 0.1) is 11.8 Å². The maximum Gasteiger partial charge on any atom is 0.254 e. The van der Waals surface area contributed by atoms with Crippen molar-refractivity contribution in [3.05, 3.63) is 35.6 Å². The van der Waals surface area contributed by atoms with Crippen molar-refractivity contribution in [2.45, 2.75) is 12.5 Å². The van der Waals surface area contributed by atoms with Gasteiger partial charge in [-0.3, -0.25) is 4.79 Å². The third kappa shape index (κ3) is 3.30. The standard InChI is InChI=1S/C12H15FN2O3S/c1-19(17,18)15-7-6-9(8-15)14-12(16)10-4-2-3-5-11(10)13/h2-5,9H,6-8H2,1H3,(H,14,16). The van der Waals surface area contributed by atoms with Crippen molar-refractivity contribution in [3.8, 4) is 0 Å². The first-order chi connectivity index (χ1) is 8.88. The second-order valence-electron chi connectivity index (χ2n) is 4.56. The summed E-state index contributed by atoms with van der Waals surface area (Å²) in [6.45, 7) is 0.611. The highest BCUT2D eigenvalue weighted by molar-refractivity contribution is 7.88. The smallest absolute Gasteiger partial charge is 0.254 e. The molecule has 1 heterocycles. The maximum absolute atomic E-state index is 13.4. The number of nitrogens with one attached hydrogen (secondary N) is 1. The highest BCUT2D eigenvalue weighted by atomic mass is 32.2. The van der Waals surface area contributed by atoms with Crippen LogP contribution in [0.15, 0.2) is 24.3 Å². The molecular formula is C12H15FN2O3S. The molecule has 104 valence electrons. The summed E-state index contributed by atoms with van der Waals surface area (Å²) in [6, 6.07) is 5.42. The fourth-order valence-corrected chi connectivity index (χ4v) is 2.94. The zero-order valence-electron chi connectivity index (χ0n) is 10.5. The molecule has 1 aromatic rings. The van der Waals surface area contributed by atoms with E-state index in [0.717, 1.165) is 6.26 Å². The minimum atomic E-state index is -3.24. The first kappa shape index (κ1) is 14.0. The quantitative estimate of drug-likeness (QED) is 0.884. The van der Waals surface area contributed by atoms with E-state index in [1.807, 2.05) is 0 Å². The number of carbonyl (C=O) groups excluding carboxylic acids is 1. The van der Waals surface area contributed by atoms with Crippen molar-refractivity contribution < 1.29 is 17.6 Å².